The Morgan fingerprint density at radius 1 is 1.12 bits per heavy atom. The first-order valence-corrected chi connectivity index (χ1v) is 8.12. The maximum atomic E-state index is 11.4. The molecule has 0 aliphatic rings. The summed E-state index contributed by atoms with van der Waals surface area (Å²) in [7, 11) is 0. The van der Waals surface area contributed by atoms with Crippen molar-refractivity contribution in [3.63, 3.8) is 0 Å². The SMILES string of the molecule is CCCc1nc(O)nn1Cc1ccc(-c2ccccc2C(=O)O)cc1. The van der Waals surface area contributed by atoms with Gasteiger partial charge in [-0.1, -0.05) is 49.4 Å². The van der Waals surface area contributed by atoms with Crippen molar-refractivity contribution in [2.75, 3.05) is 0 Å². The van der Waals surface area contributed by atoms with Gasteiger partial charge in [0.25, 0.3) is 0 Å². The molecule has 0 spiro atoms. The van der Waals surface area contributed by atoms with E-state index < -0.39 is 5.97 Å². The Bertz CT molecular complexity index is 885. The lowest BCUT2D eigenvalue weighted by molar-refractivity contribution is 0.0697. The Kier molecular flexibility index (Phi) is 4.79. The van der Waals surface area contributed by atoms with Crippen molar-refractivity contribution in [3.05, 3.63) is 65.5 Å². The molecular weight excluding hydrogens is 318 g/mol. The van der Waals surface area contributed by atoms with Gasteiger partial charge in [-0.2, -0.15) is 4.98 Å². The summed E-state index contributed by atoms with van der Waals surface area (Å²) in [4.78, 5) is 15.4. The fraction of sp³-hybridized carbons (Fsp3) is 0.211. The lowest BCUT2D eigenvalue weighted by atomic mass is 9.99. The maximum absolute atomic E-state index is 11.4. The molecule has 128 valence electrons. The molecule has 25 heavy (non-hydrogen) atoms. The second-order valence-corrected chi connectivity index (χ2v) is 5.78. The van der Waals surface area contributed by atoms with Gasteiger partial charge in [-0.05, 0) is 29.2 Å². The normalized spacial score (nSPS) is 10.8. The highest BCUT2D eigenvalue weighted by molar-refractivity contribution is 5.95. The molecule has 3 rings (SSSR count). The number of aromatic carboxylic acids is 1. The minimum atomic E-state index is -0.943. The maximum Gasteiger partial charge on any atom is 0.336 e. The second kappa shape index (κ2) is 7.17. The van der Waals surface area contributed by atoms with E-state index in [2.05, 4.69) is 10.1 Å². The Morgan fingerprint density at radius 3 is 2.52 bits per heavy atom. The molecule has 1 aromatic heterocycles. The zero-order valence-electron chi connectivity index (χ0n) is 13.9. The average molecular weight is 337 g/mol. The molecule has 0 bridgehead atoms. The van der Waals surface area contributed by atoms with Gasteiger partial charge in [0.2, 0.25) is 0 Å². The number of aromatic hydroxyl groups is 1. The lowest BCUT2D eigenvalue weighted by Crippen LogP contribution is -2.07. The third-order valence-electron chi connectivity index (χ3n) is 3.97. The molecule has 6 heteroatoms. The first kappa shape index (κ1) is 16.7. The fourth-order valence-electron chi connectivity index (χ4n) is 2.78. The van der Waals surface area contributed by atoms with Crippen LogP contribution in [0.15, 0.2) is 48.5 Å². The fourth-order valence-corrected chi connectivity index (χ4v) is 2.78. The molecule has 0 atom stereocenters. The summed E-state index contributed by atoms with van der Waals surface area (Å²) in [6.45, 7) is 2.55. The van der Waals surface area contributed by atoms with E-state index in [1.54, 1.807) is 22.9 Å². The van der Waals surface area contributed by atoms with Crippen molar-refractivity contribution in [1.29, 1.82) is 0 Å². The van der Waals surface area contributed by atoms with Crippen molar-refractivity contribution in [3.8, 4) is 17.1 Å². The molecule has 0 aliphatic carbocycles. The minimum Gasteiger partial charge on any atom is -0.478 e. The minimum absolute atomic E-state index is 0.213. The number of hydrogen-bond donors (Lipinski definition) is 2. The highest BCUT2D eigenvalue weighted by Crippen LogP contribution is 2.24. The molecule has 2 aromatic carbocycles. The monoisotopic (exact) mass is 337 g/mol. The largest absolute Gasteiger partial charge is 0.478 e. The first-order valence-electron chi connectivity index (χ1n) is 8.12. The van der Waals surface area contributed by atoms with Crippen LogP contribution in [0.1, 0.15) is 35.1 Å². The summed E-state index contributed by atoms with van der Waals surface area (Å²) >= 11 is 0. The van der Waals surface area contributed by atoms with Crippen molar-refractivity contribution in [1.82, 2.24) is 14.8 Å². The molecule has 0 radical (unpaired) electrons. The zero-order chi connectivity index (χ0) is 17.8. The molecule has 1 heterocycles. The first-order chi connectivity index (χ1) is 12.1. The van der Waals surface area contributed by atoms with E-state index in [1.165, 1.54) is 0 Å². The van der Waals surface area contributed by atoms with Gasteiger partial charge in [-0.15, -0.1) is 5.10 Å². The summed E-state index contributed by atoms with van der Waals surface area (Å²) in [5.41, 5.74) is 2.81. The molecule has 0 aliphatic heterocycles. The van der Waals surface area contributed by atoms with Gasteiger partial charge in [0.15, 0.2) is 0 Å². The third-order valence-corrected chi connectivity index (χ3v) is 3.97. The number of aromatic nitrogens is 3. The topological polar surface area (TPSA) is 88.2 Å². The Morgan fingerprint density at radius 2 is 1.84 bits per heavy atom. The van der Waals surface area contributed by atoms with E-state index in [9.17, 15) is 15.0 Å². The van der Waals surface area contributed by atoms with E-state index >= 15 is 0 Å². The van der Waals surface area contributed by atoms with Crippen molar-refractivity contribution in [2.45, 2.75) is 26.3 Å². The van der Waals surface area contributed by atoms with Crippen LogP contribution in [0.3, 0.4) is 0 Å². The Labute approximate surface area is 145 Å². The molecular formula is C19H19N3O3. The van der Waals surface area contributed by atoms with Crippen LogP contribution in [-0.2, 0) is 13.0 Å². The number of hydrogen-bond acceptors (Lipinski definition) is 4. The molecule has 0 fully saturated rings. The predicted molar refractivity (Wildman–Crippen MR) is 93.6 cm³/mol. The van der Waals surface area contributed by atoms with Gasteiger partial charge in [0.05, 0.1) is 12.1 Å². The number of carboxylic acids is 1. The number of nitrogens with zero attached hydrogens (tertiary/aromatic N) is 3. The average Bonchev–Trinajstić information content (AvgIpc) is 2.95. The van der Waals surface area contributed by atoms with Crippen LogP contribution in [0.25, 0.3) is 11.1 Å². The molecule has 0 amide bonds. The van der Waals surface area contributed by atoms with E-state index in [0.717, 1.165) is 29.8 Å². The second-order valence-electron chi connectivity index (χ2n) is 5.78. The van der Waals surface area contributed by atoms with Crippen LogP contribution >= 0.6 is 0 Å². The Hall–Kier alpha value is -3.15. The highest BCUT2D eigenvalue weighted by atomic mass is 16.4. The van der Waals surface area contributed by atoms with Gasteiger partial charge >= 0.3 is 12.0 Å². The smallest absolute Gasteiger partial charge is 0.336 e. The molecule has 6 nitrogen and oxygen atoms in total. The standard InChI is InChI=1S/C19H19N3O3/c1-2-5-17-20-19(25)21-22(17)12-13-8-10-14(11-9-13)15-6-3-4-7-16(15)18(23)24/h3-4,6-11H,2,5,12H2,1H3,(H,21,25)(H,23,24). The summed E-state index contributed by atoms with van der Waals surface area (Å²) in [5.74, 6) is -0.192. The van der Waals surface area contributed by atoms with Crippen molar-refractivity contribution < 1.29 is 15.0 Å². The van der Waals surface area contributed by atoms with Crippen LogP contribution in [0.2, 0.25) is 0 Å². The van der Waals surface area contributed by atoms with Gasteiger partial charge < -0.3 is 10.2 Å². The molecule has 2 N–H and O–H groups in total. The molecule has 3 aromatic rings. The Balaban J connectivity index is 1.85. The van der Waals surface area contributed by atoms with Crippen LogP contribution in [-0.4, -0.2) is 30.9 Å². The summed E-state index contributed by atoms with van der Waals surface area (Å²) in [6.07, 6.45) is 1.67. The van der Waals surface area contributed by atoms with E-state index in [-0.39, 0.29) is 11.6 Å². The lowest BCUT2D eigenvalue weighted by Gasteiger charge is -2.08. The predicted octanol–water partition coefficient (Wildman–Crippen LogP) is 3.35. The number of carbonyl (C=O) groups is 1. The van der Waals surface area contributed by atoms with E-state index in [0.29, 0.717) is 12.1 Å². The van der Waals surface area contributed by atoms with E-state index in [4.69, 9.17) is 0 Å². The zero-order valence-corrected chi connectivity index (χ0v) is 13.9. The quantitative estimate of drug-likeness (QED) is 0.720. The van der Waals surface area contributed by atoms with Crippen LogP contribution in [0.4, 0.5) is 0 Å². The number of benzene rings is 2. The summed E-state index contributed by atoms with van der Waals surface area (Å²) in [6, 6.07) is 14.4. The van der Waals surface area contributed by atoms with Gasteiger partial charge in [0.1, 0.15) is 5.82 Å². The van der Waals surface area contributed by atoms with Gasteiger partial charge in [-0.3, -0.25) is 0 Å². The number of carboxylic acid groups (broad SMARTS) is 1. The van der Waals surface area contributed by atoms with Crippen LogP contribution in [0.5, 0.6) is 6.01 Å². The van der Waals surface area contributed by atoms with Crippen LogP contribution in [0, 0.1) is 0 Å². The highest BCUT2D eigenvalue weighted by Gasteiger charge is 2.12. The van der Waals surface area contributed by atoms with Crippen LogP contribution < -0.4 is 0 Å². The molecule has 0 saturated carbocycles. The summed E-state index contributed by atoms with van der Waals surface area (Å²) < 4.78 is 1.69. The van der Waals surface area contributed by atoms with E-state index in [1.807, 2.05) is 37.3 Å². The van der Waals surface area contributed by atoms with Crippen molar-refractivity contribution >= 4 is 5.97 Å². The summed E-state index contributed by atoms with van der Waals surface area (Å²) in [5, 5.41) is 22.9. The van der Waals surface area contributed by atoms with Crippen molar-refractivity contribution in [2.24, 2.45) is 0 Å². The number of aryl methyl sites for hydroxylation is 1. The molecule has 0 unspecified atom stereocenters. The van der Waals surface area contributed by atoms with Gasteiger partial charge in [-0.25, -0.2) is 9.48 Å². The van der Waals surface area contributed by atoms with Gasteiger partial charge in [0, 0.05) is 6.42 Å². The number of rotatable bonds is 6. The molecule has 0 saturated heterocycles. The third kappa shape index (κ3) is 3.68.